The highest BCUT2D eigenvalue weighted by molar-refractivity contribution is 7.13. The van der Waals surface area contributed by atoms with E-state index in [4.69, 9.17) is 5.73 Å². The fraction of sp³-hybridized carbons (Fsp3) is 0.105. The summed E-state index contributed by atoms with van der Waals surface area (Å²) in [5, 5.41) is 14.2. The van der Waals surface area contributed by atoms with Crippen LogP contribution < -0.4 is 15.4 Å². The largest absolute Gasteiger partial charge is 0.388 e. The fourth-order valence-electron chi connectivity index (χ4n) is 2.27. The maximum absolute atomic E-state index is 9.41. The fourth-order valence-corrected chi connectivity index (χ4v) is 3.07. The average Bonchev–Trinajstić information content (AvgIpc) is 2.95. The highest BCUT2D eigenvalue weighted by Gasteiger charge is 2.10. The monoisotopic (exact) mass is 362 g/mol. The van der Waals surface area contributed by atoms with Gasteiger partial charge in [0.25, 0.3) is 0 Å². The zero-order valence-corrected chi connectivity index (χ0v) is 15.3. The maximum Gasteiger partial charge on any atom is 0.214 e. The van der Waals surface area contributed by atoms with E-state index in [-0.39, 0.29) is 5.69 Å². The van der Waals surface area contributed by atoms with Crippen molar-refractivity contribution >= 4 is 33.9 Å². The van der Waals surface area contributed by atoms with Crippen LogP contribution in [0.2, 0.25) is 0 Å². The Hall–Kier alpha value is -3.37. The Morgan fingerprint density at radius 1 is 1.12 bits per heavy atom. The first-order valence-corrected chi connectivity index (χ1v) is 8.73. The van der Waals surface area contributed by atoms with E-state index >= 15 is 0 Å². The van der Waals surface area contributed by atoms with Gasteiger partial charge in [-0.05, 0) is 29.8 Å². The summed E-state index contributed by atoms with van der Waals surface area (Å²) >= 11 is 1.23. The molecule has 7 heteroatoms. The average molecular weight is 362 g/mol. The number of nitrogen functional groups attached to an aromatic ring is 1. The molecule has 6 nitrogen and oxygen atoms in total. The molecule has 3 rings (SSSR count). The van der Waals surface area contributed by atoms with Crippen LogP contribution in [0.15, 0.2) is 64.7 Å². The van der Waals surface area contributed by atoms with Gasteiger partial charge in [-0.2, -0.15) is 15.0 Å². The molecule has 0 aliphatic rings. The third kappa shape index (κ3) is 3.82. The number of benzene rings is 2. The highest BCUT2D eigenvalue weighted by Crippen LogP contribution is 2.17. The molecule has 0 radical (unpaired) electrons. The predicted molar refractivity (Wildman–Crippen MR) is 107 cm³/mol. The maximum atomic E-state index is 9.41. The summed E-state index contributed by atoms with van der Waals surface area (Å²) in [6, 6.07) is 19.5. The van der Waals surface area contributed by atoms with E-state index in [1.165, 1.54) is 16.0 Å². The van der Waals surface area contributed by atoms with Crippen LogP contribution in [0.1, 0.15) is 11.3 Å². The molecular formula is C19H18N6S. The van der Waals surface area contributed by atoms with Crippen LogP contribution in [0.4, 0.5) is 16.4 Å². The van der Waals surface area contributed by atoms with E-state index in [0.717, 1.165) is 16.9 Å². The molecule has 0 amide bonds. The molecule has 0 aliphatic carbocycles. The van der Waals surface area contributed by atoms with Crippen molar-refractivity contribution in [3.63, 3.8) is 0 Å². The number of para-hydroxylation sites is 1. The lowest BCUT2D eigenvalue weighted by Gasteiger charge is -2.11. The van der Waals surface area contributed by atoms with Gasteiger partial charge >= 0.3 is 0 Å². The van der Waals surface area contributed by atoms with Crippen molar-refractivity contribution in [2.24, 2.45) is 10.1 Å². The Bertz CT molecular complexity index is 1020. The standard InChI is InChI=1S/C19H18N6S/c1-24(2)16-10-8-14(9-11-16)13-22-25-17(12-20)18(21)26-19(25)23-15-6-4-3-5-7-15/h3-11,13H,21H2,1-2H3/b22-13+,23-19?. The summed E-state index contributed by atoms with van der Waals surface area (Å²) in [4.78, 5) is 7.13. The molecule has 0 bridgehead atoms. The third-order valence-electron chi connectivity index (χ3n) is 3.65. The smallest absolute Gasteiger partial charge is 0.214 e. The summed E-state index contributed by atoms with van der Waals surface area (Å²) in [5.41, 5.74) is 9.05. The van der Waals surface area contributed by atoms with Crippen molar-refractivity contribution < 1.29 is 0 Å². The number of nitriles is 1. The minimum atomic E-state index is 0.283. The van der Waals surface area contributed by atoms with E-state index in [9.17, 15) is 5.26 Å². The summed E-state index contributed by atoms with van der Waals surface area (Å²) < 4.78 is 1.48. The summed E-state index contributed by atoms with van der Waals surface area (Å²) in [6.45, 7) is 0. The van der Waals surface area contributed by atoms with Gasteiger partial charge in [-0.15, -0.1) is 0 Å². The lowest BCUT2D eigenvalue weighted by atomic mass is 10.2. The molecule has 0 unspecified atom stereocenters. The SMILES string of the molecule is CN(C)c1ccc(/C=N/n2c(C#N)c(N)sc2=Nc2ccccc2)cc1. The molecule has 0 saturated heterocycles. The Labute approximate surface area is 155 Å². The van der Waals surface area contributed by atoms with Crippen molar-refractivity contribution in [2.75, 3.05) is 24.7 Å². The molecular weight excluding hydrogens is 344 g/mol. The number of nitrogens with two attached hydrogens (primary N) is 1. The van der Waals surface area contributed by atoms with Crippen molar-refractivity contribution in [2.45, 2.75) is 0 Å². The Morgan fingerprint density at radius 2 is 1.81 bits per heavy atom. The lowest BCUT2D eigenvalue weighted by Crippen LogP contribution is -2.12. The Balaban J connectivity index is 2.01. The van der Waals surface area contributed by atoms with Gasteiger partial charge in [0.1, 0.15) is 11.1 Å². The number of rotatable bonds is 4. The first kappa shape index (κ1) is 17.5. The molecule has 26 heavy (non-hydrogen) atoms. The summed E-state index contributed by atoms with van der Waals surface area (Å²) in [6.07, 6.45) is 1.69. The molecule has 130 valence electrons. The van der Waals surface area contributed by atoms with Gasteiger partial charge in [0, 0.05) is 19.8 Å². The van der Waals surface area contributed by atoms with E-state index in [1.807, 2.05) is 73.6 Å². The Kier molecular flexibility index (Phi) is 5.15. The van der Waals surface area contributed by atoms with Crippen molar-refractivity contribution in [3.8, 4) is 6.07 Å². The van der Waals surface area contributed by atoms with Gasteiger partial charge < -0.3 is 10.6 Å². The second-order valence-corrected chi connectivity index (χ2v) is 6.71. The van der Waals surface area contributed by atoms with E-state index < -0.39 is 0 Å². The number of nitrogens with zero attached hydrogens (tertiary/aromatic N) is 5. The van der Waals surface area contributed by atoms with Crippen LogP contribution in [0.25, 0.3) is 0 Å². The molecule has 1 heterocycles. The zero-order chi connectivity index (χ0) is 18.5. The molecule has 0 spiro atoms. The van der Waals surface area contributed by atoms with Crippen LogP contribution in [-0.2, 0) is 0 Å². The molecule has 2 aromatic carbocycles. The van der Waals surface area contributed by atoms with Gasteiger partial charge in [0.2, 0.25) is 4.80 Å². The van der Waals surface area contributed by atoms with Gasteiger partial charge in [0.05, 0.1) is 11.9 Å². The molecule has 0 saturated carbocycles. The van der Waals surface area contributed by atoms with Gasteiger partial charge in [0.15, 0.2) is 5.69 Å². The van der Waals surface area contributed by atoms with Crippen molar-refractivity contribution in [1.82, 2.24) is 4.68 Å². The topological polar surface area (TPSA) is 82.7 Å². The number of aromatic nitrogens is 1. The van der Waals surface area contributed by atoms with Crippen LogP contribution >= 0.6 is 11.3 Å². The van der Waals surface area contributed by atoms with Crippen molar-refractivity contribution in [3.05, 3.63) is 70.7 Å². The molecule has 1 aromatic heterocycles. The minimum Gasteiger partial charge on any atom is -0.388 e. The molecule has 0 aliphatic heterocycles. The molecule has 0 atom stereocenters. The van der Waals surface area contributed by atoms with Crippen LogP contribution in [-0.4, -0.2) is 25.0 Å². The normalized spacial score (nSPS) is 11.7. The second kappa shape index (κ2) is 7.68. The quantitative estimate of drug-likeness (QED) is 0.724. The number of anilines is 2. The second-order valence-electron chi connectivity index (χ2n) is 5.70. The first-order chi connectivity index (χ1) is 12.6. The first-order valence-electron chi connectivity index (χ1n) is 7.91. The third-order valence-corrected chi connectivity index (χ3v) is 4.51. The molecule has 3 aromatic rings. The number of hydrogen-bond acceptors (Lipinski definition) is 6. The summed E-state index contributed by atoms with van der Waals surface area (Å²) in [7, 11) is 3.98. The van der Waals surface area contributed by atoms with Crippen LogP contribution in [0, 0.1) is 11.3 Å². The van der Waals surface area contributed by atoms with E-state index in [0.29, 0.717) is 9.80 Å². The van der Waals surface area contributed by atoms with Crippen molar-refractivity contribution in [1.29, 1.82) is 5.26 Å². The predicted octanol–water partition coefficient (Wildman–Crippen LogP) is 3.18. The van der Waals surface area contributed by atoms with E-state index in [1.54, 1.807) is 6.21 Å². The zero-order valence-electron chi connectivity index (χ0n) is 14.5. The number of hydrogen-bond donors (Lipinski definition) is 1. The highest BCUT2D eigenvalue weighted by atomic mass is 32.1. The van der Waals surface area contributed by atoms with Gasteiger partial charge in [-0.3, -0.25) is 0 Å². The van der Waals surface area contributed by atoms with E-state index in [2.05, 4.69) is 16.2 Å². The van der Waals surface area contributed by atoms with Gasteiger partial charge in [-0.1, -0.05) is 41.7 Å². The summed E-state index contributed by atoms with van der Waals surface area (Å²) in [5.74, 6) is 0. The molecule has 0 fully saturated rings. The number of thiazole rings is 1. The Morgan fingerprint density at radius 3 is 2.42 bits per heavy atom. The minimum absolute atomic E-state index is 0.283. The van der Waals surface area contributed by atoms with Gasteiger partial charge in [-0.25, -0.2) is 4.99 Å². The van der Waals surface area contributed by atoms with Crippen LogP contribution in [0.3, 0.4) is 0 Å². The molecule has 2 N–H and O–H groups in total. The van der Waals surface area contributed by atoms with Crippen LogP contribution in [0.5, 0.6) is 0 Å². The lowest BCUT2D eigenvalue weighted by molar-refractivity contribution is 0.831.